The van der Waals surface area contributed by atoms with E-state index in [1.54, 1.807) is 0 Å². The van der Waals surface area contributed by atoms with Crippen LogP contribution in [-0.4, -0.2) is 24.0 Å². The molecule has 0 saturated heterocycles. The Morgan fingerprint density at radius 1 is 1.19 bits per heavy atom. The number of ether oxygens (including phenoxy) is 1. The van der Waals surface area contributed by atoms with Crippen LogP contribution in [0.5, 0.6) is 5.75 Å². The summed E-state index contributed by atoms with van der Waals surface area (Å²) in [5.74, 6) is 0.864. The smallest absolute Gasteiger partial charge is 0.418 e. The highest BCUT2D eigenvalue weighted by Gasteiger charge is 2.34. The number of carbonyl (C=O) groups excluding carboxylic acids is 1. The number of aryl methyl sites for hydroxylation is 2. The van der Waals surface area contributed by atoms with Crippen LogP contribution in [0.3, 0.4) is 0 Å². The number of anilines is 1. The second-order valence-electron chi connectivity index (χ2n) is 5.86. The molecule has 0 bridgehead atoms. The molecule has 1 amide bonds. The number of amides is 1. The largest absolute Gasteiger partial charge is 0.492 e. The standard InChI is InChI=1S/C19H19ClF3NO2S/c1-12-4-3-5-13(2)18(12)26-8-9-27-11-17(25)24-16-7-6-14(20)10-15(16)19(21,22)23/h3-7,10H,8-9,11H2,1-2H3,(H,24,25). The van der Waals surface area contributed by atoms with Gasteiger partial charge in [-0.25, -0.2) is 0 Å². The van der Waals surface area contributed by atoms with Crippen LogP contribution in [0.15, 0.2) is 36.4 Å². The summed E-state index contributed by atoms with van der Waals surface area (Å²) in [7, 11) is 0. The molecule has 0 aliphatic carbocycles. The Kier molecular flexibility index (Phi) is 7.44. The fraction of sp³-hybridized carbons (Fsp3) is 0.316. The zero-order valence-corrected chi connectivity index (χ0v) is 16.4. The molecule has 0 aliphatic rings. The number of hydrogen-bond donors (Lipinski definition) is 1. The van der Waals surface area contributed by atoms with Gasteiger partial charge in [0.25, 0.3) is 0 Å². The third kappa shape index (κ3) is 6.36. The third-order valence-corrected chi connectivity index (χ3v) is 4.83. The summed E-state index contributed by atoms with van der Waals surface area (Å²) >= 11 is 6.90. The van der Waals surface area contributed by atoms with E-state index in [4.69, 9.17) is 16.3 Å². The van der Waals surface area contributed by atoms with Crippen molar-refractivity contribution in [3.05, 3.63) is 58.1 Å². The van der Waals surface area contributed by atoms with Gasteiger partial charge in [0.2, 0.25) is 5.91 Å². The molecule has 0 atom stereocenters. The number of hydrogen-bond acceptors (Lipinski definition) is 3. The van der Waals surface area contributed by atoms with Crippen molar-refractivity contribution in [2.75, 3.05) is 23.4 Å². The molecule has 0 radical (unpaired) electrons. The number of alkyl halides is 3. The quantitative estimate of drug-likeness (QED) is 0.585. The second kappa shape index (κ2) is 9.37. The molecule has 1 N–H and O–H groups in total. The van der Waals surface area contributed by atoms with Gasteiger partial charge in [0.05, 0.1) is 23.6 Å². The normalized spacial score (nSPS) is 11.3. The Morgan fingerprint density at radius 3 is 2.48 bits per heavy atom. The van der Waals surface area contributed by atoms with Gasteiger partial charge in [-0.05, 0) is 43.2 Å². The van der Waals surface area contributed by atoms with Crippen molar-refractivity contribution in [1.29, 1.82) is 0 Å². The van der Waals surface area contributed by atoms with Gasteiger partial charge in [0.1, 0.15) is 5.75 Å². The van der Waals surface area contributed by atoms with Crippen molar-refractivity contribution >= 4 is 35.0 Å². The first-order valence-corrected chi connectivity index (χ1v) is 9.65. The third-order valence-electron chi connectivity index (χ3n) is 3.68. The molecule has 0 spiro atoms. The predicted molar refractivity (Wildman–Crippen MR) is 104 cm³/mol. The van der Waals surface area contributed by atoms with Gasteiger partial charge in [0.15, 0.2) is 0 Å². The van der Waals surface area contributed by atoms with Gasteiger partial charge in [-0.2, -0.15) is 13.2 Å². The monoisotopic (exact) mass is 417 g/mol. The molecule has 0 saturated carbocycles. The molecular weight excluding hydrogens is 399 g/mol. The summed E-state index contributed by atoms with van der Waals surface area (Å²) in [6, 6.07) is 9.10. The number of carbonyl (C=O) groups is 1. The van der Waals surface area contributed by atoms with Gasteiger partial charge in [-0.1, -0.05) is 29.8 Å². The van der Waals surface area contributed by atoms with Gasteiger partial charge >= 0.3 is 6.18 Å². The molecule has 0 aromatic heterocycles. The number of halogens is 4. The minimum atomic E-state index is -4.60. The van der Waals surface area contributed by atoms with Gasteiger partial charge in [-0.3, -0.25) is 4.79 Å². The van der Waals surface area contributed by atoms with Crippen molar-refractivity contribution in [2.45, 2.75) is 20.0 Å². The van der Waals surface area contributed by atoms with Crippen LogP contribution in [0.4, 0.5) is 18.9 Å². The fourth-order valence-corrected chi connectivity index (χ4v) is 3.22. The van der Waals surface area contributed by atoms with E-state index in [2.05, 4.69) is 5.32 Å². The van der Waals surface area contributed by atoms with E-state index in [0.717, 1.165) is 29.0 Å². The molecule has 8 heteroatoms. The van der Waals surface area contributed by atoms with E-state index in [0.29, 0.717) is 12.4 Å². The van der Waals surface area contributed by atoms with E-state index in [1.165, 1.54) is 17.8 Å². The highest BCUT2D eigenvalue weighted by atomic mass is 35.5. The van der Waals surface area contributed by atoms with Crippen molar-refractivity contribution in [3.63, 3.8) is 0 Å². The maximum Gasteiger partial charge on any atom is 0.418 e. The number of para-hydroxylation sites is 1. The lowest BCUT2D eigenvalue weighted by Gasteiger charge is -2.14. The summed E-state index contributed by atoms with van der Waals surface area (Å²) in [6.45, 7) is 4.30. The Hall–Kier alpha value is -1.86. The van der Waals surface area contributed by atoms with Crippen LogP contribution in [0.25, 0.3) is 0 Å². The summed E-state index contributed by atoms with van der Waals surface area (Å²) < 4.78 is 44.8. The highest BCUT2D eigenvalue weighted by molar-refractivity contribution is 7.99. The number of thioether (sulfide) groups is 1. The van der Waals surface area contributed by atoms with E-state index in [1.807, 2.05) is 32.0 Å². The van der Waals surface area contributed by atoms with E-state index >= 15 is 0 Å². The Bertz CT molecular complexity index is 792. The lowest BCUT2D eigenvalue weighted by molar-refractivity contribution is -0.137. The molecule has 2 aromatic carbocycles. The molecule has 3 nitrogen and oxygen atoms in total. The van der Waals surface area contributed by atoms with Crippen LogP contribution in [0, 0.1) is 13.8 Å². The van der Waals surface area contributed by atoms with Crippen molar-refractivity contribution in [1.82, 2.24) is 0 Å². The van der Waals surface area contributed by atoms with Crippen molar-refractivity contribution < 1.29 is 22.7 Å². The molecule has 27 heavy (non-hydrogen) atoms. The predicted octanol–water partition coefficient (Wildman–Crippen LogP) is 5.73. The van der Waals surface area contributed by atoms with Crippen LogP contribution < -0.4 is 10.1 Å². The van der Waals surface area contributed by atoms with Crippen molar-refractivity contribution in [2.24, 2.45) is 0 Å². The summed E-state index contributed by atoms with van der Waals surface area (Å²) in [5, 5.41) is 2.25. The lowest BCUT2D eigenvalue weighted by atomic mass is 10.1. The fourth-order valence-electron chi connectivity index (χ4n) is 2.44. The van der Waals surface area contributed by atoms with Gasteiger partial charge < -0.3 is 10.1 Å². The average Bonchev–Trinajstić information content (AvgIpc) is 2.57. The average molecular weight is 418 g/mol. The molecule has 0 aliphatic heterocycles. The zero-order chi connectivity index (χ0) is 20.0. The summed E-state index contributed by atoms with van der Waals surface area (Å²) in [5.41, 5.74) is 0.788. The Morgan fingerprint density at radius 2 is 1.85 bits per heavy atom. The minimum Gasteiger partial charge on any atom is -0.492 e. The minimum absolute atomic E-state index is 0.0238. The molecular formula is C19H19ClF3NO2S. The summed E-state index contributed by atoms with van der Waals surface area (Å²) in [6.07, 6.45) is -4.60. The second-order valence-corrected chi connectivity index (χ2v) is 7.40. The van der Waals surface area contributed by atoms with Crippen LogP contribution >= 0.6 is 23.4 Å². The maximum absolute atomic E-state index is 13.0. The van der Waals surface area contributed by atoms with E-state index in [-0.39, 0.29) is 16.5 Å². The van der Waals surface area contributed by atoms with Crippen LogP contribution in [0.1, 0.15) is 16.7 Å². The van der Waals surface area contributed by atoms with E-state index in [9.17, 15) is 18.0 Å². The highest BCUT2D eigenvalue weighted by Crippen LogP contribution is 2.36. The zero-order valence-electron chi connectivity index (χ0n) is 14.8. The number of rotatable bonds is 7. The molecule has 2 aromatic rings. The Labute approximate surface area is 165 Å². The topological polar surface area (TPSA) is 38.3 Å². The van der Waals surface area contributed by atoms with Crippen molar-refractivity contribution in [3.8, 4) is 5.75 Å². The molecule has 2 rings (SSSR count). The molecule has 0 heterocycles. The maximum atomic E-state index is 13.0. The number of nitrogens with one attached hydrogen (secondary N) is 1. The molecule has 146 valence electrons. The van der Waals surface area contributed by atoms with Gasteiger partial charge in [-0.15, -0.1) is 11.8 Å². The van der Waals surface area contributed by atoms with E-state index < -0.39 is 17.6 Å². The molecule has 0 unspecified atom stereocenters. The molecule has 0 fully saturated rings. The Balaban J connectivity index is 1.82. The first-order chi connectivity index (χ1) is 12.7. The lowest BCUT2D eigenvalue weighted by Crippen LogP contribution is -2.18. The first-order valence-electron chi connectivity index (χ1n) is 8.12. The van der Waals surface area contributed by atoms with Crippen LogP contribution in [-0.2, 0) is 11.0 Å². The first kappa shape index (κ1) is 21.4. The number of benzene rings is 2. The van der Waals surface area contributed by atoms with Gasteiger partial charge in [0, 0.05) is 10.8 Å². The van der Waals surface area contributed by atoms with Crippen LogP contribution in [0.2, 0.25) is 5.02 Å². The SMILES string of the molecule is Cc1cccc(C)c1OCCSCC(=O)Nc1ccc(Cl)cc1C(F)(F)F. The summed E-state index contributed by atoms with van der Waals surface area (Å²) in [4.78, 5) is 11.9.